The predicted octanol–water partition coefficient (Wildman–Crippen LogP) is 3.25. The summed E-state index contributed by atoms with van der Waals surface area (Å²) < 4.78 is 0. The Hall–Kier alpha value is -3.47. The second kappa shape index (κ2) is 8.76. The molecule has 3 aromatic rings. The van der Waals surface area contributed by atoms with E-state index in [1.54, 1.807) is 36.7 Å². The standard InChI is InChI=1S/C22H21N3O2/c1-16-5-2-3-6-20(16)15-25-22(27)19-8-4-7-18(13-19)21(26)24-14-17-9-11-23-12-10-17/h2-13H,14-15H2,1H3,(H,24,26)(H,25,27). The smallest absolute Gasteiger partial charge is 0.251 e. The van der Waals surface area contributed by atoms with Crippen LogP contribution in [-0.2, 0) is 13.1 Å². The fourth-order valence-corrected chi connectivity index (χ4v) is 2.67. The van der Waals surface area contributed by atoms with Gasteiger partial charge in [0.2, 0.25) is 0 Å². The molecule has 1 aromatic heterocycles. The van der Waals surface area contributed by atoms with Crippen LogP contribution in [0.1, 0.15) is 37.4 Å². The van der Waals surface area contributed by atoms with Crippen LogP contribution in [0.15, 0.2) is 73.1 Å². The Balaban J connectivity index is 1.61. The van der Waals surface area contributed by atoms with E-state index in [1.165, 1.54) is 0 Å². The Morgan fingerprint density at radius 3 is 2.11 bits per heavy atom. The molecule has 0 saturated carbocycles. The Labute approximate surface area is 158 Å². The number of hydrogen-bond acceptors (Lipinski definition) is 3. The number of hydrogen-bond donors (Lipinski definition) is 2. The Morgan fingerprint density at radius 1 is 0.815 bits per heavy atom. The van der Waals surface area contributed by atoms with Crippen LogP contribution in [0.4, 0.5) is 0 Å². The number of amides is 2. The van der Waals surface area contributed by atoms with E-state index in [9.17, 15) is 9.59 Å². The van der Waals surface area contributed by atoms with Crippen molar-refractivity contribution >= 4 is 11.8 Å². The zero-order valence-electron chi connectivity index (χ0n) is 15.1. The molecule has 0 radical (unpaired) electrons. The molecule has 0 aliphatic carbocycles. The molecule has 1 heterocycles. The van der Waals surface area contributed by atoms with Gasteiger partial charge in [-0.3, -0.25) is 14.6 Å². The van der Waals surface area contributed by atoms with Crippen molar-refractivity contribution in [2.75, 3.05) is 0 Å². The molecular formula is C22H21N3O2. The summed E-state index contributed by atoms with van der Waals surface area (Å²) in [6.07, 6.45) is 3.36. The van der Waals surface area contributed by atoms with Gasteiger partial charge < -0.3 is 10.6 Å². The monoisotopic (exact) mass is 359 g/mol. The minimum Gasteiger partial charge on any atom is -0.348 e. The van der Waals surface area contributed by atoms with E-state index >= 15 is 0 Å². The molecule has 27 heavy (non-hydrogen) atoms. The zero-order chi connectivity index (χ0) is 19.1. The van der Waals surface area contributed by atoms with Crippen molar-refractivity contribution in [3.63, 3.8) is 0 Å². The number of nitrogens with one attached hydrogen (secondary N) is 2. The third kappa shape index (κ3) is 5.01. The Kier molecular flexibility index (Phi) is 5.94. The maximum Gasteiger partial charge on any atom is 0.251 e. The van der Waals surface area contributed by atoms with Crippen molar-refractivity contribution in [2.24, 2.45) is 0 Å². The van der Waals surface area contributed by atoms with Crippen LogP contribution in [0.3, 0.4) is 0 Å². The normalized spacial score (nSPS) is 10.3. The summed E-state index contributed by atoms with van der Waals surface area (Å²) in [5, 5.41) is 5.75. The van der Waals surface area contributed by atoms with Crippen LogP contribution in [0.2, 0.25) is 0 Å². The highest BCUT2D eigenvalue weighted by Gasteiger charge is 2.11. The van der Waals surface area contributed by atoms with Gasteiger partial charge >= 0.3 is 0 Å². The molecule has 2 aromatic carbocycles. The average molecular weight is 359 g/mol. The van der Waals surface area contributed by atoms with Crippen LogP contribution < -0.4 is 10.6 Å². The summed E-state index contributed by atoms with van der Waals surface area (Å²) in [6.45, 7) is 2.87. The molecule has 0 fully saturated rings. The fourth-order valence-electron chi connectivity index (χ4n) is 2.67. The minimum atomic E-state index is -0.222. The van der Waals surface area contributed by atoms with Gasteiger partial charge in [0.05, 0.1) is 0 Å². The van der Waals surface area contributed by atoms with Crippen molar-refractivity contribution in [3.8, 4) is 0 Å². The van der Waals surface area contributed by atoms with E-state index in [0.29, 0.717) is 24.2 Å². The highest BCUT2D eigenvalue weighted by Crippen LogP contribution is 2.09. The van der Waals surface area contributed by atoms with Crippen molar-refractivity contribution in [1.82, 2.24) is 15.6 Å². The molecule has 0 spiro atoms. The fraction of sp³-hybridized carbons (Fsp3) is 0.136. The first-order valence-electron chi connectivity index (χ1n) is 8.73. The van der Waals surface area contributed by atoms with Crippen molar-refractivity contribution in [1.29, 1.82) is 0 Å². The molecule has 0 bridgehead atoms. The molecule has 0 saturated heterocycles. The lowest BCUT2D eigenvalue weighted by atomic mass is 10.1. The van der Waals surface area contributed by atoms with Crippen molar-refractivity contribution in [3.05, 3.63) is 101 Å². The Morgan fingerprint density at radius 2 is 1.44 bits per heavy atom. The summed E-state index contributed by atoms with van der Waals surface area (Å²) in [4.78, 5) is 28.7. The lowest BCUT2D eigenvalue weighted by molar-refractivity contribution is 0.0950. The van der Waals surface area contributed by atoms with E-state index in [0.717, 1.165) is 16.7 Å². The minimum absolute atomic E-state index is 0.206. The number of carbonyl (C=O) groups is 2. The van der Waals surface area contributed by atoms with Gasteiger partial charge in [-0.2, -0.15) is 0 Å². The molecule has 2 N–H and O–H groups in total. The van der Waals surface area contributed by atoms with E-state index in [2.05, 4.69) is 15.6 Å². The largest absolute Gasteiger partial charge is 0.348 e. The van der Waals surface area contributed by atoms with Gasteiger partial charge in [0.25, 0.3) is 11.8 Å². The molecule has 2 amide bonds. The van der Waals surface area contributed by atoms with Crippen LogP contribution in [0.5, 0.6) is 0 Å². The third-order valence-electron chi connectivity index (χ3n) is 4.29. The first kappa shape index (κ1) is 18.3. The molecule has 5 heteroatoms. The van der Waals surface area contributed by atoms with Crippen molar-refractivity contribution < 1.29 is 9.59 Å². The number of carbonyl (C=O) groups excluding carboxylic acids is 2. The number of rotatable bonds is 6. The second-order valence-corrected chi connectivity index (χ2v) is 6.23. The number of pyridine rings is 1. The van der Waals surface area contributed by atoms with E-state index in [4.69, 9.17) is 0 Å². The van der Waals surface area contributed by atoms with Gasteiger partial charge in [0.15, 0.2) is 0 Å². The van der Waals surface area contributed by atoms with E-state index < -0.39 is 0 Å². The second-order valence-electron chi connectivity index (χ2n) is 6.23. The first-order valence-corrected chi connectivity index (χ1v) is 8.73. The SMILES string of the molecule is Cc1ccccc1CNC(=O)c1cccc(C(=O)NCc2ccncc2)c1. The van der Waals surface area contributed by atoms with Crippen LogP contribution in [0, 0.1) is 6.92 Å². The Bertz CT molecular complexity index is 939. The summed E-state index contributed by atoms with van der Waals surface area (Å²) in [7, 11) is 0. The quantitative estimate of drug-likeness (QED) is 0.710. The van der Waals surface area contributed by atoms with Gasteiger partial charge in [0, 0.05) is 36.6 Å². The highest BCUT2D eigenvalue weighted by atomic mass is 16.2. The lowest BCUT2D eigenvalue weighted by Crippen LogP contribution is -2.25. The van der Waals surface area contributed by atoms with Gasteiger partial charge in [0.1, 0.15) is 0 Å². The molecule has 0 atom stereocenters. The van der Waals surface area contributed by atoms with Gasteiger partial charge in [-0.1, -0.05) is 30.3 Å². The topological polar surface area (TPSA) is 71.1 Å². The molecule has 0 unspecified atom stereocenters. The van der Waals surface area contributed by atoms with Crippen LogP contribution in [-0.4, -0.2) is 16.8 Å². The number of benzene rings is 2. The van der Waals surface area contributed by atoms with Gasteiger partial charge in [-0.05, 0) is 53.9 Å². The van der Waals surface area contributed by atoms with E-state index in [1.807, 2.05) is 43.3 Å². The highest BCUT2D eigenvalue weighted by molar-refractivity contribution is 5.99. The zero-order valence-corrected chi connectivity index (χ0v) is 15.1. The lowest BCUT2D eigenvalue weighted by Gasteiger charge is -2.09. The maximum atomic E-state index is 12.4. The van der Waals surface area contributed by atoms with Crippen LogP contribution in [0.25, 0.3) is 0 Å². The summed E-state index contributed by atoms with van der Waals surface area (Å²) >= 11 is 0. The first-order chi connectivity index (χ1) is 13.1. The summed E-state index contributed by atoms with van der Waals surface area (Å²) in [6, 6.07) is 18.3. The van der Waals surface area contributed by atoms with Gasteiger partial charge in [-0.25, -0.2) is 0 Å². The summed E-state index contributed by atoms with van der Waals surface area (Å²) in [5.74, 6) is -0.428. The molecule has 136 valence electrons. The summed E-state index contributed by atoms with van der Waals surface area (Å²) in [5.41, 5.74) is 4.07. The molecule has 5 nitrogen and oxygen atoms in total. The van der Waals surface area contributed by atoms with Crippen LogP contribution >= 0.6 is 0 Å². The molecule has 0 aliphatic rings. The van der Waals surface area contributed by atoms with Crippen molar-refractivity contribution in [2.45, 2.75) is 20.0 Å². The molecule has 0 aliphatic heterocycles. The molecule has 3 rings (SSSR count). The molecular weight excluding hydrogens is 338 g/mol. The predicted molar refractivity (Wildman–Crippen MR) is 104 cm³/mol. The third-order valence-corrected chi connectivity index (χ3v) is 4.29. The number of aromatic nitrogens is 1. The van der Waals surface area contributed by atoms with E-state index in [-0.39, 0.29) is 11.8 Å². The maximum absolute atomic E-state index is 12.4. The van der Waals surface area contributed by atoms with Gasteiger partial charge in [-0.15, -0.1) is 0 Å². The number of nitrogens with zero attached hydrogens (tertiary/aromatic N) is 1. The number of aryl methyl sites for hydroxylation is 1. The average Bonchev–Trinajstić information content (AvgIpc) is 2.72.